The van der Waals surface area contributed by atoms with Crippen molar-refractivity contribution in [1.82, 2.24) is 0 Å². The van der Waals surface area contributed by atoms with Gasteiger partial charge in [-0.2, -0.15) is 0 Å². The molecule has 2 aromatic carbocycles. The van der Waals surface area contributed by atoms with E-state index in [0.717, 1.165) is 12.0 Å². The first kappa shape index (κ1) is 14.4. The van der Waals surface area contributed by atoms with Crippen LogP contribution in [0.3, 0.4) is 0 Å². The molecule has 1 aliphatic carbocycles. The first-order valence-electron chi connectivity index (χ1n) is 6.55. The van der Waals surface area contributed by atoms with E-state index in [9.17, 15) is 9.18 Å². The molecule has 3 rings (SSSR count). The van der Waals surface area contributed by atoms with Gasteiger partial charge >= 0.3 is 0 Å². The molecular weight excluding hydrogens is 312 g/mol. The van der Waals surface area contributed by atoms with Crippen LogP contribution in [0.15, 0.2) is 42.5 Å². The molecule has 0 bridgehead atoms. The molecule has 0 unspecified atom stereocenters. The van der Waals surface area contributed by atoms with Crippen molar-refractivity contribution >= 4 is 34.8 Å². The summed E-state index contributed by atoms with van der Waals surface area (Å²) in [6.45, 7) is 0. The lowest BCUT2D eigenvalue weighted by Gasteiger charge is -2.05. The minimum atomic E-state index is -0.328. The lowest BCUT2D eigenvalue weighted by molar-refractivity contribution is -0.117. The molecule has 0 aromatic heterocycles. The minimum Gasteiger partial charge on any atom is -0.326 e. The molecule has 0 spiro atoms. The van der Waals surface area contributed by atoms with Crippen LogP contribution >= 0.6 is 23.2 Å². The molecule has 1 aliphatic rings. The van der Waals surface area contributed by atoms with Gasteiger partial charge in [0.25, 0.3) is 0 Å². The first-order chi connectivity index (χ1) is 10.0. The summed E-state index contributed by atoms with van der Waals surface area (Å²) in [5.74, 6) is -0.347. The van der Waals surface area contributed by atoms with E-state index in [4.69, 9.17) is 23.2 Å². The zero-order valence-electron chi connectivity index (χ0n) is 10.9. The van der Waals surface area contributed by atoms with Gasteiger partial charge in [-0.3, -0.25) is 4.79 Å². The molecule has 1 fully saturated rings. The Morgan fingerprint density at radius 1 is 1.10 bits per heavy atom. The Balaban J connectivity index is 1.67. The molecule has 21 heavy (non-hydrogen) atoms. The summed E-state index contributed by atoms with van der Waals surface area (Å²) in [6, 6.07) is 11.1. The molecule has 0 aliphatic heterocycles. The van der Waals surface area contributed by atoms with Crippen molar-refractivity contribution in [2.24, 2.45) is 5.92 Å². The number of hydrogen-bond acceptors (Lipinski definition) is 1. The molecule has 1 N–H and O–H groups in total. The van der Waals surface area contributed by atoms with E-state index in [2.05, 4.69) is 5.32 Å². The summed E-state index contributed by atoms with van der Waals surface area (Å²) in [6.07, 6.45) is 0.768. The van der Waals surface area contributed by atoms with Gasteiger partial charge in [0.05, 0.1) is 0 Å². The highest BCUT2D eigenvalue weighted by atomic mass is 35.5. The molecule has 2 aromatic rings. The van der Waals surface area contributed by atoms with E-state index >= 15 is 0 Å². The highest BCUT2D eigenvalue weighted by molar-refractivity contribution is 6.34. The van der Waals surface area contributed by atoms with E-state index in [0.29, 0.717) is 15.7 Å². The molecule has 108 valence electrons. The average Bonchev–Trinajstić information content (AvgIpc) is 3.20. The molecule has 5 heteroatoms. The van der Waals surface area contributed by atoms with Crippen LogP contribution < -0.4 is 5.32 Å². The highest BCUT2D eigenvalue weighted by Gasteiger charge is 2.44. The maximum Gasteiger partial charge on any atom is 0.228 e. The van der Waals surface area contributed by atoms with Gasteiger partial charge < -0.3 is 5.32 Å². The van der Waals surface area contributed by atoms with Crippen LogP contribution in [-0.4, -0.2) is 5.91 Å². The number of nitrogens with one attached hydrogen (secondary N) is 1. The van der Waals surface area contributed by atoms with Crippen LogP contribution in [0.1, 0.15) is 17.9 Å². The number of anilines is 1. The number of carbonyl (C=O) groups excluding carboxylic acids is 1. The summed E-state index contributed by atoms with van der Waals surface area (Å²) in [5.41, 5.74) is 1.57. The average molecular weight is 324 g/mol. The van der Waals surface area contributed by atoms with Gasteiger partial charge in [-0.1, -0.05) is 23.2 Å². The fourth-order valence-corrected chi connectivity index (χ4v) is 2.95. The molecule has 0 heterocycles. The molecule has 2 atom stereocenters. The summed E-state index contributed by atoms with van der Waals surface area (Å²) < 4.78 is 12.8. The number of rotatable bonds is 3. The number of benzene rings is 2. The van der Waals surface area contributed by atoms with Crippen LogP contribution in [0.4, 0.5) is 10.1 Å². The third-order valence-electron chi connectivity index (χ3n) is 3.55. The summed E-state index contributed by atoms with van der Waals surface area (Å²) in [5, 5.41) is 3.93. The van der Waals surface area contributed by atoms with E-state index in [-0.39, 0.29) is 23.6 Å². The summed E-state index contributed by atoms with van der Waals surface area (Å²) in [4.78, 5) is 12.1. The van der Waals surface area contributed by atoms with Gasteiger partial charge in [-0.05, 0) is 60.4 Å². The SMILES string of the molecule is O=C(Nc1ccc(F)cc1)[C@H]1C[C@H]1c1cc(Cl)cc(Cl)c1. The first-order valence-corrected chi connectivity index (χ1v) is 7.31. The second-order valence-corrected chi connectivity index (χ2v) is 6.02. The minimum absolute atomic E-state index is 0.0669. The molecule has 0 saturated heterocycles. The van der Waals surface area contributed by atoms with E-state index in [1.165, 1.54) is 12.1 Å². The maximum absolute atomic E-state index is 12.8. The third kappa shape index (κ3) is 3.36. The topological polar surface area (TPSA) is 29.1 Å². The van der Waals surface area contributed by atoms with Gasteiger partial charge in [0.1, 0.15) is 5.82 Å². The standard InChI is InChI=1S/C16H12Cl2FNO/c17-10-5-9(6-11(18)7-10)14-8-15(14)16(21)20-13-3-1-12(19)2-4-13/h1-7,14-15H,8H2,(H,20,21)/t14-,15-/m0/s1. The van der Waals surface area contributed by atoms with Crippen LogP contribution in [0.2, 0.25) is 10.0 Å². The van der Waals surface area contributed by atoms with Crippen molar-refractivity contribution in [1.29, 1.82) is 0 Å². The van der Waals surface area contributed by atoms with Gasteiger partial charge in [0, 0.05) is 21.7 Å². The zero-order chi connectivity index (χ0) is 15.0. The van der Waals surface area contributed by atoms with Crippen LogP contribution in [0, 0.1) is 11.7 Å². The lowest BCUT2D eigenvalue weighted by atomic mass is 10.1. The van der Waals surface area contributed by atoms with Crippen molar-refractivity contribution in [2.45, 2.75) is 12.3 Å². The number of carbonyl (C=O) groups is 1. The van der Waals surface area contributed by atoms with Crippen molar-refractivity contribution < 1.29 is 9.18 Å². The van der Waals surface area contributed by atoms with Crippen molar-refractivity contribution in [3.8, 4) is 0 Å². The van der Waals surface area contributed by atoms with E-state index < -0.39 is 0 Å². The van der Waals surface area contributed by atoms with Gasteiger partial charge in [0.15, 0.2) is 0 Å². The van der Waals surface area contributed by atoms with Crippen molar-refractivity contribution in [2.75, 3.05) is 5.32 Å². The number of amides is 1. The predicted molar refractivity (Wildman–Crippen MR) is 82.3 cm³/mol. The molecule has 1 saturated carbocycles. The van der Waals surface area contributed by atoms with Crippen LogP contribution in [0.25, 0.3) is 0 Å². The molecular formula is C16H12Cl2FNO. The van der Waals surface area contributed by atoms with Gasteiger partial charge in [-0.15, -0.1) is 0 Å². The quantitative estimate of drug-likeness (QED) is 0.857. The van der Waals surface area contributed by atoms with Crippen LogP contribution in [0.5, 0.6) is 0 Å². The van der Waals surface area contributed by atoms with Crippen molar-refractivity contribution in [3.05, 3.63) is 63.9 Å². The fourth-order valence-electron chi connectivity index (χ4n) is 2.41. The van der Waals surface area contributed by atoms with E-state index in [1.54, 1.807) is 18.2 Å². The summed E-state index contributed by atoms with van der Waals surface area (Å²) >= 11 is 11.9. The second-order valence-electron chi connectivity index (χ2n) is 5.15. The normalized spacial score (nSPS) is 20.1. The fraction of sp³-hybridized carbons (Fsp3) is 0.188. The number of halogens is 3. The van der Waals surface area contributed by atoms with Crippen LogP contribution in [-0.2, 0) is 4.79 Å². The Morgan fingerprint density at radius 3 is 2.33 bits per heavy atom. The lowest BCUT2D eigenvalue weighted by Crippen LogP contribution is -2.14. The maximum atomic E-state index is 12.8. The largest absolute Gasteiger partial charge is 0.326 e. The molecule has 2 nitrogen and oxygen atoms in total. The number of hydrogen-bond donors (Lipinski definition) is 1. The second kappa shape index (κ2) is 5.66. The predicted octanol–water partition coefficient (Wildman–Crippen LogP) is 4.87. The monoisotopic (exact) mass is 323 g/mol. The van der Waals surface area contributed by atoms with Gasteiger partial charge in [-0.25, -0.2) is 4.39 Å². The smallest absolute Gasteiger partial charge is 0.228 e. The third-order valence-corrected chi connectivity index (χ3v) is 3.99. The summed E-state index contributed by atoms with van der Waals surface area (Å²) in [7, 11) is 0. The highest BCUT2D eigenvalue weighted by Crippen LogP contribution is 2.49. The Morgan fingerprint density at radius 2 is 1.71 bits per heavy atom. The molecule has 0 radical (unpaired) electrons. The Labute approximate surface area is 131 Å². The Hall–Kier alpha value is -1.58. The Kier molecular flexibility index (Phi) is 3.87. The van der Waals surface area contributed by atoms with E-state index in [1.807, 2.05) is 12.1 Å². The zero-order valence-corrected chi connectivity index (χ0v) is 12.5. The molecule has 1 amide bonds. The van der Waals surface area contributed by atoms with Gasteiger partial charge in [0.2, 0.25) is 5.91 Å². The Bertz CT molecular complexity index is 667. The van der Waals surface area contributed by atoms with Crippen molar-refractivity contribution in [3.63, 3.8) is 0 Å².